The summed E-state index contributed by atoms with van der Waals surface area (Å²) in [6.45, 7) is 4.20. The fraction of sp³-hybridized carbons (Fsp3) is 0.696. The normalized spacial score (nSPS) is 14.3. The number of phosphoric acid groups is 1. The molecule has 56 heavy (non-hydrogen) atoms. The molecule has 1 N–H and O–H groups in total. The Balaban J connectivity index is 4.45. The van der Waals surface area contributed by atoms with Crippen molar-refractivity contribution in [3.05, 3.63) is 72.9 Å². The zero-order chi connectivity index (χ0) is 41.4. The van der Waals surface area contributed by atoms with Gasteiger partial charge in [-0.2, -0.15) is 0 Å². The van der Waals surface area contributed by atoms with Crippen LogP contribution in [0.25, 0.3) is 0 Å². The maximum Gasteiger partial charge on any atom is 0.472 e. The van der Waals surface area contributed by atoms with Crippen molar-refractivity contribution >= 4 is 19.8 Å². The third-order valence-corrected chi connectivity index (χ3v) is 9.70. The summed E-state index contributed by atoms with van der Waals surface area (Å²) in [5.74, 6) is -0.863. The van der Waals surface area contributed by atoms with E-state index in [1.165, 1.54) is 44.9 Å². The minimum atomic E-state index is -4.39. The number of nitrogens with zero attached hydrogens (tertiary/aromatic N) is 1. The Hall–Kier alpha value is -2.55. The zero-order valence-electron chi connectivity index (χ0n) is 36.1. The van der Waals surface area contributed by atoms with Crippen LogP contribution in [0.2, 0.25) is 0 Å². The third-order valence-electron chi connectivity index (χ3n) is 8.72. The SMILES string of the molecule is CC/C=C/C/C=C/C/C=C/C/C=C/CCCCC(=O)O[C@H](COC(=O)CCCCCCCCC/C=C/C/C=C/CCCCC)COP(=O)(O)OCC[N+](C)(C)C. The molecular formula is C46H81NO8P+. The van der Waals surface area contributed by atoms with Gasteiger partial charge in [-0.3, -0.25) is 18.6 Å². The van der Waals surface area contributed by atoms with Crippen molar-refractivity contribution in [1.29, 1.82) is 0 Å². The molecule has 0 rings (SSSR count). The Bertz CT molecular complexity index is 1180. The second-order valence-electron chi connectivity index (χ2n) is 15.3. The van der Waals surface area contributed by atoms with Gasteiger partial charge < -0.3 is 18.9 Å². The lowest BCUT2D eigenvalue weighted by molar-refractivity contribution is -0.870. The number of unbranched alkanes of at least 4 members (excludes halogenated alkanes) is 12. The second kappa shape index (κ2) is 38.0. The number of hydrogen-bond acceptors (Lipinski definition) is 7. The molecule has 0 fully saturated rings. The Kier molecular flexibility index (Phi) is 36.3. The first-order chi connectivity index (χ1) is 27.0. The van der Waals surface area contributed by atoms with Gasteiger partial charge in [-0.1, -0.05) is 132 Å². The molecular weight excluding hydrogens is 725 g/mol. The minimum Gasteiger partial charge on any atom is -0.462 e. The molecule has 0 aliphatic carbocycles. The highest BCUT2D eigenvalue weighted by Crippen LogP contribution is 2.43. The van der Waals surface area contributed by atoms with Crippen molar-refractivity contribution in [2.24, 2.45) is 0 Å². The average molecular weight is 807 g/mol. The highest BCUT2D eigenvalue weighted by atomic mass is 31.2. The second-order valence-corrected chi connectivity index (χ2v) is 16.8. The third kappa shape index (κ3) is 41.1. The average Bonchev–Trinajstić information content (AvgIpc) is 3.15. The molecule has 0 saturated heterocycles. The van der Waals surface area contributed by atoms with Gasteiger partial charge in [-0.15, -0.1) is 0 Å². The van der Waals surface area contributed by atoms with Crippen molar-refractivity contribution in [2.75, 3.05) is 47.5 Å². The molecule has 0 aromatic heterocycles. The summed E-state index contributed by atoms with van der Waals surface area (Å²) in [4.78, 5) is 35.3. The molecule has 2 atom stereocenters. The number of carbonyl (C=O) groups excluding carboxylic acids is 2. The van der Waals surface area contributed by atoms with E-state index in [1.54, 1.807) is 0 Å². The van der Waals surface area contributed by atoms with Gasteiger partial charge >= 0.3 is 19.8 Å². The van der Waals surface area contributed by atoms with E-state index in [0.717, 1.165) is 77.0 Å². The van der Waals surface area contributed by atoms with Crippen molar-refractivity contribution in [3.8, 4) is 0 Å². The number of ether oxygens (including phenoxy) is 2. The molecule has 0 aliphatic rings. The smallest absolute Gasteiger partial charge is 0.462 e. The molecule has 10 heteroatoms. The van der Waals surface area contributed by atoms with E-state index in [0.29, 0.717) is 17.4 Å². The quantitative estimate of drug-likeness (QED) is 0.0216. The van der Waals surface area contributed by atoms with Crippen LogP contribution >= 0.6 is 7.82 Å². The van der Waals surface area contributed by atoms with Gasteiger partial charge in [0.1, 0.15) is 19.8 Å². The predicted molar refractivity (Wildman–Crippen MR) is 233 cm³/mol. The van der Waals surface area contributed by atoms with Gasteiger partial charge in [-0.05, 0) is 83.5 Å². The fourth-order valence-corrected chi connectivity index (χ4v) is 6.07. The van der Waals surface area contributed by atoms with Crippen LogP contribution in [0.5, 0.6) is 0 Å². The molecule has 0 aromatic rings. The molecule has 0 spiro atoms. The Morgan fingerprint density at radius 2 is 1.02 bits per heavy atom. The van der Waals surface area contributed by atoms with Crippen LogP contribution in [0.15, 0.2) is 72.9 Å². The van der Waals surface area contributed by atoms with E-state index in [2.05, 4.69) is 86.8 Å². The zero-order valence-corrected chi connectivity index (χ0v) is 37.0. The molecule has 0 aliphatic heterocycles. The van der Waals surface area contributed by atoms with Crippen LogP contribution in [0.1, 0.15) is 155 Å². The molecule has 0 saturated carbocycles. The summed E-state index contributed by atoms with van der Waals surface area (Å²) in [6.07, 6.45) is 46.6. The van der Waals surface area contributed by atoms with Crippen molar-refractivity contribution < 1.29 is 42.1 Å². The van der Waals surface area contributed by atoms with E-state index >= 15 is 0 Å². The Labute approximate surface area is 342 Å². The topological polar surface area (TPSA) is 108 Å². The number of rotatable bonds is 38. The number of allylic oxidation sites excluding steroid dienone is 12. The number of esters is 2. The van der Waals surface area contributed by atoms with Crippen molar-refractivity contribution in [2.45, 2.75) is 161 Å². The summed E-state index contributed by atoms with van der Waals surface area (Å²) in [5, 5.41) is 0. The lowest BCUT2D eigenvalue weighted by atomic mass is 10.1. The van der Waals surface area contributed by atoms with Crippen LogP contribution < -0.4 is 0 Å². The van der Waals surface area contributed by atoms with E-state index < -0.39 is 32.5 Å². The monoisotopic (exact) mass is 807 g/mol. The van der Waals surface area contributed by atoms with Crippen molar-refractivity contribution in [1.82, 2.24) is 0 Å². The molecule has 0 amide bonds. The number of hydrogen-bond donors (Lipinski definition) is 1. The first-order valence-corrected chi connectivity index (χ1v) is 23.2. The summed E-state index contributed by atoms with van der Waals surface area (Å²) >= 11 is 0. The van der Waals surface area contributed by atoms with Crippen LogP contribution in [0.3, 0.4) is 0 Å². The number of carbonyl (C=O) groups is 2. The highest BCUT2D eigenvalue weighted by molar-refractivity contribution is 7.47. The van der Waals surface area contributed by atoms with E-state index in [-0.39, 0.29) is 26.1 Å². The number of likely N-dealkylation sites (N-methyl/N-ethyl adjacent to an activating group) is 1. The van der Waals surface area contributed by atoms with Gasteiger partial charge in [0.05, 0.1) is 27.7 Å². The molecule has 322 valence electrons. The maximum atomic E-state index is 12.7. The van der Waals surface area contributed by atoms with Gasteiger partial charge in [0, 0.05) is 12.8 Å². The summed E-state index contributed by atoms with van der Waals surface area (Å²) in [6, 6.07) is 0. The predicted octanol–water partition coefficient (Wildman–Crippen LogP) is 12.2. The molecule has 0 bridgehead atoms. The van der Waals surface area contributed by atoms with Crippen LogP contribution in [0, 0.1) is 0 Å². The largest absolute Gasteiger partial charge is 0.472 e. The van der Waals surface area contributed by atoms with Crippen LogP contribution in [-0.2, 0) is 32.7 Å². The minimum absolute atomic E-state index is 0.0186. The molecule has 0 radical (unpaired) electrons. The van der Waals surface area contributed by atoms with Crippen LogP contribution in [0.4, 0.5) is 0 Å². The summed E-state index contributed by atoms with van der Waals surface area (Å²) in [7, 11) is 1.43. The van der Waals surface area contributed by atoms with E-state index in [4.69, 9.17) is 18.5 Å². The van der Waals surface area contributed by atoms with Gasteiger partial charge in [0.2, 0.25) is 0 Å². The lowest BCUT2D eigenvalue weighted by Crippen LogP contribution is -2.37. The standard InChI is InChI=1S/C46H80NO8P/c1-6-8-10-12-14-16-18-20-22-23-25-26-28-30-32-34-36-38-45(48)52-42-44(43-54-56(50,51)53-41-40-47(3,4)5)55-46(49)39-37-35-33-31-29-27-24-21-19-17-15-13-11-9-7-2/h9,11,14-17,20-22,24,29,31,44H,6-8,10,12-13,18-19,23,25-28,30,32-43H2,1-5H3/p+1/b11-9+,16-14+,17-15+,22-20+,24-21+,31-29+/t44-/m1/s1. The fourth-order valence-electron chi connectivity index (χ4n) is 5.33. The maximum absolute atomic E-state index is 12.7. The first kappa shape index (κ1) is 53.5. The Morgan fingerprint density at radius 3 is 1.55 bits per heavy atom. The molecule has 1 unspecified atom stereocenters. The lowest BCUT2D eigenvalue weighted by Gasteiger charge is -2.24. The summed E-state index contributed by atoms with van der Waals surface area (Å²) < 4.78 is 34.2. The van der Waals surface area contributed by atoms with E-state index in [1.807, 2.05) is 21.1 Å². The van der Waals surface area contributed by atoms with Gasteiger partial charge in [0.25, 0.3) is 0 Å². The first-order valence-electron chi connectivity index (χ1n) is 21.7. The van der Waals surface area contributed by atoms with E-state index in [9.17, 15) is 19.0 Å². The van der Waals surface area contributed by atoms with Gasteiger partial charge in [-0.25, -0.2) is 4.57 Å². The summed E-state index contributed by atoms with van der Waals surface area (Å²) in [5.41, 5.74) is 0. The Morgan fingerprint density at radius 1 is 0.571 bits per heavy atom. The number of phosphoric ester groups is 1. The number of quaternary nitrogens is 1. The van der Waals surface area contributed by atoms with Crippen molar-refractivity contribution in [3.63, 3.8) is 0 Å². The molecule has 0 aromatic carbocycles. The molecule has 0 heterocycles. The highest BCUT2D eigenvalue weighted by Gasteiger charge is 2.27. The van der Waals surface area contributed by atoms with Gasteiger partial charge in [0.15, 0.2) is 6.10 Å². The molecule has 9 nitrogen and oxygen atoms in total. The van der Waals surface area contributed by atoms with Crippen LogP contribution in [-0.4, -0.2) is 74.9 Å².